The summed E-state index contributed by atoms with van der Waals surface area (Å²) in [5.41, 5.74) is 3.73. The molecule has 6 rings (SSSR count). The quantitative estimate of drug-likeness (QED) is 0.516. The Hall–Kier alpha value is -1.29. The summed E-state index contributed by atoms with van der Waals surface area (Å²) in [5, 5.41) is 23.5. The Labute approximate surface area is 239 Å². The second-order valence-electron chi connectivity index (χ2n) is 7.47. The molecule has 4 aliphatic carbocycles. The van der Waals surface area contributed by atoms with Crippen LogP contribution in [0.2, 0.25) is 0 Å². The van der Waals surface area contributed by atoms with Gasteiger partial charge in [0.2, 0.25) is 0 Å². The van der Waals surface area contributed by atoms with Crippen molar-refractivity contribution in [2.45, 2.75) is 6.42 Å². The van der Waals surface area contributed by atoms with Crippen molar-refractivity contribution >= 4 is 5.52 Å². The fraction of sp³-hybridized carbons (Fsp3) is 0.0333. The van der Waals surface area contributed by atoms with E-state index < -0.39 is 0 Å². The molecule has 4 saturated carbocycles. The average Bonchev–Trinajstić information content (AvgIpc) is 3.70. The van der Waals surface area contributed by atoms with Crippen molar-refractivity contribution in [2.75, 3.05) is 0 Å². The van der Waals surface area contributed by atoms with Gasteiger partial charge in [-0.25, -0.2) is 4.52 Å². The average molecular weight is 550 g/mol. The van der Waals surface area contributed by atoms with E-state index >= 15 is 0 Å². The van der Waals surface area contributed by atoms with Gasteiger partial charge in [-0.05, 0) is 133 Å². The van der Waals surface area contributed by atoms with Crippen LogP contribution < -0.4 is 0 Å². The normalized spacial score (nSPS) is 19.3. The van der Waals surface area contributed by atoms with Crippen molar-refractivity contribution < 1.29 is 34.1 Å². The van der Waals surface area contributed by atoms with Crippen LogP contribution in [0.25, 0.3) is 5.52 Å². The summed E-state index contributed by atoms with van der Waals surface area (Å²) >= 11 is 0. The van der Waals surface area contributed by atoms with Gasteiger partial charge in [-0.2, -0.15) is 15.6 Å². The van der Waals surface area contributed by atoms with Crippen molar-refractivity contribution in [2.24, 2.45) is 0 Å². The van der Waals surface area contributed by atoms with Crippen molar-refractivity contribution in [3.8, 4) is 12.1 Å². The molecule has 2 aromatic heterocycles. The first-order valence-corrected chi connectivity index (χ1v) is 10.9. The van der Waals surface area contributed by atoms with E-state index in [1.165, 1.54) is 0 Å². The standard InChI is InChI=1S/C20H12N4.2C5H5.2Fe/c21-10-9-16-11-17(14-5-1-2-6-14)18(13-22)20-12-19(23-24(16)20)15-7-3-4-8-15;2*1-2-4-5-3-1;;/h1-8,11-12H,9H2;2*1-5H;;/q;;;2*+2. The fourth-order valence-corrected chi connectivity index (χ4v) is 3.65. The van der Waals surface area contributed by atoms with E-state index in [9.17, 15) is 5.26 Å². The largest absolute Gasteiger partial charge is 2.00 e. The summed E-state index contributed by atoms with van der Waals surface area (Å²) in [6.07, 6.45) is 35.9. The third-order valence-corrected chi connectivity index (χ3v) is 5.23. The SMILES string of the molecule is N#CCc1cc([C]2[CH][CH][CH][CH]2)c(C#N)c2cc([C]3[CH][CH][CH][CH]3)nn12.[CH]1[CH][CH][CH][CH]1.[CH]1[CH][CH][CH][CH]1.[Fe+2].[Fe+2]. The van der Waals surface area contributed by atoms with Gasteiger partial charge in [0, 0.05) is 11.8 Å². The zero-order chi connectivity index (χ0) is 23.6. The van der Waals surface area contributed by atoms with E-state index in [1.807, 2.05) is 128 Å². The summed E-state index contributed by atoms with van der Waals surface area (Å²) in [6.45, 7) is 0. The number of nitrogens with zero attached hydrogens (tertiary/aromatic N) is 4. The predicted molar refractivity (Wildman–Crippen MR) is 131 cm³/mol. The van der Waals surface area contributed by atoms with Crippen LogP contribution in [0.15, 0.2) is 12.1 Å². The van der Waals surface area contributed by atoms with E-state index in [0.29, 0.717) is 5.56 Å². The van der Waals surface area contributed by atoms with E-state index in [0.717, 1.165) is 34.3 Å². The first-order chi connectivity index (χ1) is 16.8. The molecule has 174 valence electrons. The van der Waals surface area contributed by atoms with Crippen LogP contribution in [0.3, 0.4) is 0 Å². The molecular weight excluding hydrogens is 528 g/mol. The molecule has 0 saturated heterocycles. The summed E-state index contributed by atoms with van der Waals surface area (Å²) in [7, 11) is 0. The number of rotatable bonds is 3. The van der Waals surface area contributed by atoms with Gasteiger partial charge in [0.1, 0.15) is 6.07 Å². The van der Waals surface area contributed by atoms with Gasteiger partial charge < -0.3 is 0 Å². The van der Waals surface area contributed by atoms with Gasteiger partial charge in [0.05, 0.1) is 35.0 Å². The zero-order valence-corrected chi connectivity index (χ0v) is 21.5. The molecule has 0 bridgehead atoms. The third kappa shape index (κ3) is 8.10. The van der Waals surface area contributed by atoms with Crippen LogP contribution in [0, 0.1) is 150 Å². The molecule has 0 unspecified atom stereocenters. The Morgan fingerprint density at radius 1 is 0.639 bits per heavy atom. The molecule has 0 spiro atoms. The van der Waals surface area contributed by atoms with Gasteiger partial charge in [-0.15, -0.1) is 0 Å². The van der Waals surface area contributed by atoms with Crippen LogP contribution >= 0.6 is 0 Å². The van der Waals surface area contributed by atoms with Crippen LogP contribution in [-0.2, 0) is 40.6 Å². The van der Waals surface area contributed by atoms with E-state index in [4.69, 9.17) is 5.26 Å². The first-order valence-electron chi connectivity index (χ1n) is 10.9. The predicted octanol–water partition coefficient (Wildman–Crippen LogP) is 4.82. The maximum Gasteiger partial charge on any atom is 2.00 e. The summed E-state index contributed by atoms with van der Waals surface area (Å²) in [6, 6.07) is 8.31. The molecule has 4 fully saturated rings. The van der Waals surface area contributed by atoms with E-state index in [1.54, 1.807) is 4.52 Å². The molecule has 2 heterocycles. The second-order valence-corrected chi connectivity index (χ2v) is 7.47. The molecule has 0 aromatic carbocycles. The molecule has 4 aliphatic rings. The number of nitriles is 2. The molecule has 0 N–H and O–H groups in total. The number of fused-ring (bicyclic) bond motifs is 1. The second kappa shape index (κ2) is 16.5. The molecule has 4 nitrogen and oxygen atoms in total. The van der Waals surface area contributed by atoms with E-state index in [-0.39, 0.29) is 40.6 Å². The number of aromatic nitrogens is 2. The molecule has 0 aliphatic heterocycles. The van der Waals surface area contributed by atoms with Crippen molar-refractivity contribution in [3.63, 3.8) is 0 Å². The molecule has 2 aromatic rings. The molecule has 6 heteroatoms. The summed E-state index contributed by atoms with van der Waals surface area (Å²) < 4.78 is 1.72. The minimum absolute atomic E-state index is 0. The number of pyridine rings is 1. The Bertz CT molecular complexity index is 971. The smallest absolute Gasteiger partial charge is 0.235 e. The topological polar surface area (TPSA) is 64.9 Å². The summed E-state index contributed by atoms with van der Waals surface area (Å²) in [5.74, 6) is 1.98. The monoisotopic (exact) mass is 550 g/mol. The third-order valence-electron chi connectivity index (χ3n) is 5.23. The Kier molecular flexibility index (Phi) is 14.2. The number of hydrogen-bond donors (Lipinski definition) is 0. The Balaban J connectivity index is 0.000000317. The van der Waals surface area contributed by atoms with Crippen LogP contribution in [0.1, 0.15) is 22.5 Å². The molecular formula is C30H22Fe2N4+4. The van der Waals surface area contributed by atoms with Gasteiger partial charge in [-0.3, -0.25) is 0 Å². The maximum absolute atomic E-state index is 9.72. The molecule has 36 heavy (non-hydrogen) atoms. The van der Waals surface area contributed by atoms with Crippen molar-refractivity contribution in [1.82, 2.24) is 9.61 Å². The zero-order valence-electron chi connectivity index (χ0n) is 19.3. The minimum Gasteiger partial charge on any atom is -0.235 e. The Morgan fingerprint density at radius 3 is 1.56 bits per heavy atom. The fourth-order valence-electron chi connectivity index (χ4n) is 3.65. The van der Waals surface area contributed by atoms with E-state index in [2.05, 4.69) is 17.2 Å². The van der Waals surface area contributed by atoms with Gasteiger partial charge in [0.15, 0.2) is 0 Å². The Morgan fingerprint density at radius 2 is 1.11 bits per heavy atom. The van der Waals surface area contributed by atoms with Crippen LogP contribution in [0.5, 0.6) is 0 Å². The molecule has 0 atom stereocenters. The van der Waals surface area contributed by atoms with Crippen molar-refractivity contribution in [1.29, 1.82) is 10.5 Å². The summed E-state index contributed by atoms with van der Waals surface area (Å²) in [4.78, 5) is 0. The maximum atomic E-state index is 9.72. The first kappa shape index (κ1) is 30.9. The van der Waals surface area contributed by atoms with Gasteiger partial charge >= 0.3 is 34.1 Å². The minimum atomic E-state index is 0. The van der Waals surface area contributed by atoms with Crippen molar-refractivity contribution in [3.05, 3.63) is 162 Å². The molecule has 20 radical (unpaired) electrons. The number of hydrogen-bond acceptors (Lipinski definition) is 3. The van der Waals surface area contributed by atoms with Gasteiger partial charge in [0.25, 0.3) is 0 Å². The molecule has 0 amide bonds. The van der Waals surface area contributed by atoms with Gasteiger partial charge in [-0.1, -0.05) is 0 Å². The van der Waals surface area contributed by atoms with Crippen LogP contribution in [0.4, 0.5) is 0 Å². The van der Waals surface area contributed by atoms with Crippen LogP contribution in [-0.4, -0.2) is 9.61 Å².